The predicted octanol–water partition coefficient (Wildman–Crippen LogP) is 2.61. The van der Waals surface area contributed by atoms with Gasteiger partial charge in [-0.1, -0.05) is 30.3 Å². The molecule has 0 spiro atoms. The van der Waals surface area contributed by atoms with Gasteiger partial charge in [0.2, 0.25) is 5.91 Å². The predicted molar refractivity (Wildman–Crippen MR) is 99.1 cm³/mol. The first-order valence-electron chi connectivity index (χ1n) is 9.17. The van der Waals surface area contributed by atoms with Crippen LogP contribution in [0.4, 0.5) is 8.78 Å². The maximum atomic E-state index is 13.6. The molecule has 2 N–H and O–H groups in total. The Morgan fingerprint density at radius 3 is 2.56 bits per heavy atom. The number of aliphatic hydroxyl groups is 1. The maximum absolute atomic E-state index is 13.6. The molecule has 0 aromatic heterocycles. The summed E-state index contributed by atoms with van der Waals surface area (Å²) >= 11 is 0. The first-order valence-corrected chi connectivity index (χ1v) is 9.17. The minimum atomic E-state index is -1.01. The van der Waals surface area contributed by atoms with Gasteiger partial charge in [0, 0.05) is 26.2 Å². The van der Waals surface area contributed by atoms with Gasteiger partial charge in [-0.05, 0) is 42.2 Å². The lowest BCUT2D eigenvalue weighted by atomic mass is 9.84. The van der Waals surface area contributed by atoms with Crippen molar-refractivity contribution in [3.05, 3.63) is 71.3 Å². The van der Waals surface area contributed by atoms with E-state index in [-0.39, 0.29) is 24.0 Å². The van der Waals surface area contributed by atoms with E-state index in [1.807, 2.05) is 0 Å². The minimum Gasteiger partial charge on any atom is -0.385 e. The number of benzene rings is 2. The highest BCUT2D eigenvalue weighted by atomic mass is 19.1. The second-order valence-corrected chi connectivity index (χ2v) is 7.00. The van der Waals surface area contributed by atoms with E-state index < -0.39 is 5.60 Å². The molecule has 144 valence electrons. The monoisotopic (exact) mass is 374 g/mol. The number of likely N-dealkylation sites (tertiary alicyclic amines) is 1. The molecule has 4 nitrogen and oxygen atoms in total. The molecule has 6 heteroatoms. The summed E-state index contributed by atoms with van der Waals surface area (Å²) in [5.74, 6) is -0.936. The Labute approximate surface area is 157 Å². The van der Waals surface area contributed by atoms with Crippen LogP contribution in [0.25, 0.3) is 0 Å². The van der Waals surface area contributed by atoms with Crippen molar-refractivity contribution in [1.82, 2.24) is 10.2 Å². The first kappa shape index (κ1) is 19.5. The van der Waals surface area contributed by atoms with Gasteiger partial charge in [0.05, 0.1) is 12.0 Å². The fraction of sp³-hybridized carbons (Fsp3) is 0.381. The van der Waals surface area contributed by atoms with E-state index in [4.69, 9.17) is 0 Å². The quantitative estimate of drug-likeness (QED) is 0.817. The topological polar surface area (TPSA) is 52.6 Å². The molecule has 0 aliphatic carbocycles. The van der Waals surface area contributed by atoms with E-state index in [9.17, 15) is 18.7 Å². The molecule has 1 fully saturated rings. The lowest BCUT2D eigenvalue weighted by Gasteiger charge is -2.38. The van der Waals surface area contributed by atoms with Gasteiger partial charge in [-0.3, -0.25) is 4.79 Å². The summed E-state index contributed by atoms with van der Waals surface area (Å²) in [7, 11) is 0. The number of hydrogen-bond donors (Lipinski definition) is 2. The molecule has 0 unspecified atom stereocenters. The summed E-state index contributed by atoms with van der Waals surface area (Å²) in [6, 6.07) is 12.4. The Hall–Kier alpha value is -2.31. The Bertz CT molecular complexity index is 789. The van der Waals surface area contributed by atoms with E-state index in [2.05, 4.69) is 10.2 Å². The molecule has 27 heavy (non-hydrogen) atoms. The average Bonchev–Trinajstić information content (AvgIpc) is 2.65. The number of amides is 1. The zero-order valence-electron chi connectivity index (χ0n) is 15.1. The smallest absolute Gasteiger partial charge is 0.224 e. The van der Waals surface area contributed by atoms with Crippen LogP contribution < -0.4 is 5.32 Å². The van der Waals surface area contributed by atoms with Crippen molar-refractivity contribution < 1.29 is 18.7 Å². The third kappa shape index (κ3) is 5.11. The lowest BCUT2D eigenvalue weighted by molar-refractivity contribution is -0.120. The minimum absolute atomic E-state index is 0.0198. The van der Waals surface area contributed by atoms with Gasteiger partial charge < -0.3 is 15.3 Å². The summed E-state index contributed by atoms with van der Waals surface area (Å²) in [6.45, 7) is 2.44. The second kappa shape index (κ2) is 8.59. The number of piperidine rings is 1. The largest absolute Gasteiger partial charge is 0.385 e. The Balaban J connectivity index is 1.42. The van der Waals surface area contributed by atoms with Crippen molar-refractivity contribution in [2.24, 2.45) is 0 Å². The van der Waals surface area contributed by atoms with E-state index >= 15 is 0 Å². The van der Waals surface area contributed by atoms with Gasteiger partial charge >= 0.3 is 0 Å². The zero-order valence-corrected chi connectivity index (χ0v) is 15.1. The van der Waals surface area contributed by atoms with Crippen LogP contribution in [0.1, 0.15) is 24.0 Å². The van der Waals surface area contributed by atoms with E-state index in [1.165, 1.54) is 18.2 Å². The van der Waals surface area contributed by atoms with Crippen molar-refractivity contribution in [3.8, 4) is 0 Å². The molecular weight excluding hydrogens is 350 g/mol. The van der Waals surface area contributed by atoms with Crippen LogP contribution in [-0.4, -0.2) is 42.1 Å². The number of carbonyl (C=O) groups is 1. The van der Waals surface area contributed by atoms with Gasteiger partial charge in [0.1, 0.15) is 11.6 Å². The highest BCUT2D eigenvalue weighted by molar-refractivity contribution is 5.78. The SMILES string of the molecule is O=C(Cc1ccccc1F)NCCN1CCC(O)(c2cccc(F)c2)CC1. The average molecular weight is 374 g/mol. The highest BCUT2D eigenvalue weighted by Gasteiger charge is 2.33. The molecule has 1 aliphatic rings. The Morgan fingerprint density at radius 1 is 1.11 bits per heavy atom. The summed E-state index contributed by atoms with van der Waals surface area (Å²) in [5.41, 5.74) is -0.0133. The molecule has 1 saturated heterocycles. The Morgan fingerprint density at radius 2 is 1.85 bits per heavy atom. The van der Waals surface area contributed by atoms with Crippen LogP contribution in [0.3, 0.4) is 0 Å². The van der Waals surface area contributed by atoms with Crippen molar-refractivity contribution >= 4 is 5.91 Å². The van der Waals surface area contributed by atoms with Gasteiger partial charge in [-0.15, -0.1) is 0 Å². The molecule has 1 aliphatic heterocycles. The number of carbonyl (C=O) groups excluding carboxylic acids is 1. The van der Waals surface area contributed by atoms with Gasteiger partial charge in [0.15, 0.2) is 0 Å². The molecule has 2 aromatic carbocycles. The van der Waals surface area contributed by atoms with Crippen molar-refractivity contribution in [3.63, 3.8) is 0 Å². The molecule has 0 bridgehead atoms. The fourth-order valence-electron chi connectivity index (χ4n) is 3.44. The normalized spacial score (nSPS) is 16.9. The number of halogens is 2. The summed E-state index contributed by atoms with van der Waals surface area (Å²) in [5, 5.41) is 13.6. The van der Waals surface area contributed by atoms with Crippen molar-refractivity contribution in [2.75, 3.05) is 26.2 Å². The summed E-state index contributed by atoms with van der Waals surface area (Å²) < 4.78 is 27.0. The molecule has 0 atom stereocenters. The molecular formula is C21H24F2N2O2. The van der Waals surface area contributed by atoms with Crippen LogP contribution in [-0.2, 0) is 16.8 Å². The Kier molecular flexibility index (Phi) is 6.19. The van der Waals surface area contributed by atoms with Crippen LogP contribution in [0.2, 0.25) is 0 Å². The fourth-order valence-corrected chi connectivity index (χ4v) is 3.44. The zero-order chi connectivity index (χ0) is 19.3. The van der Waals surface area contributed by atoms with E-state index in [0.29, 0.717) is 50.1 Å². The maximum Gasteiger partial charge on any atom is 0.224 e. The molecule has 0 radical (unpaired) electrons. The lowest BCUT2D eigenvalue weighted by Crippen LogP contribution is -2.45. The van der Waals surface area contributed by atoms with Gasteiger partial charge in [0.25, 0.3) is 0 Å². The van der Waals surface area contributed by atoms with Crippen LogP contribution in [0.5, 0.6) is 0 Å². The molecule has 0 saturated carbocycles. The second-order valence-electron chi connectivity index (χ2n) is 7.00. The third-order valence-corrected chi connectivity index (χ3v) is 5.10. The molecule has 1 amide bonds. The van der Waals surface area contributed by atoms with E-state index in [0.717, 1.165) is 0 Å². The molecule has 3 rings (SSSR count). The molecule has 2 aromatic rings. The van der Waals surface area contributed by atoms with Crippen molar-refractivity contribution in [2.45, 2.75) is 24.9 Å². The third-order valence-electron chi connectivity index (χ3n) is 5.10. The summed E-state index contributed by atoms with van der Waals surface area (Å²) in [6.07, 6.45) is 1.05. The first-order chi connectivity index (χ1) is 13.0. The number of nitrogens with one attached hydrogen (secondary N) is 1. The van der Waals surface area contributed by atoms with Crippen LogP contribution >= 0.6 is 0 Å². The van der Waals surface area contributed by atoms with Gasteiger partial charge in [-0.2, -0.15) is 0 Å². The van der Waals surface area contributed by atoms with E-state index in [1.54, 1.807) is 30.3 Å². The van der Waals surface area contributed by atoms with Crippen LogP contribution in [0, 0.1) is 11.6 Å². The number of hydrogen-bond acceptors (Lipinski definition) is 3. The standard InChI is InChI=1S/C21H24F2N2O2/c22-18-6-3-5-17(15-18)21(27)8-11-25(12-9-21)13-10-24-20(26)14-16-4-1-2-7-19(16)23/h1-7,15,27H,8-14H2,(H,24,26). The van der Waals surface area contributed by atoms with Crippen molar-refractivity contribution in [1.29, 1.82) is 0 Å². The number of nitrogens with zero attached hydrogens (tertiary/aromatic N) is 1. The van der Waals surface area contributed by atoms with Crippen LogP contribution in [0.15, 0.2) is 48.5 Å². The van der Waals surface area contributed by atoms with Gasteiger partial charge in [-0.25, -0.2) is 8.78 Å². The number of rotatable bonds is 6. The molecule has 1 heterocycles. The highest BCUT2D eigenvalue weighted by Crippen LogP contribution is 2.32. The summed E-state index contributed by atoms with van der Waals surface area (Å²) in [4.78, 5) is 14.1.